The maximum Gasteiger partial charge on any atom is 0.328 e. The first-order chi connectivity index (χ1) is 24.5. The van der Waals surface area contributed by atoms with E-state index in [9.17, 15) is 43.8 Å². The van der Waals surface area contributed by atoms with Crippen LogP contribution in [0.2, 0.25) is 0 Å². The van der Waals surface area contributed by atoms with Crippen LogP contribution in [0.3, 0.4) is 0 Å². The maximum atomic E-state index is 13.6. The third kappa shape index (κ3) is 14.2. The topological polar surface area (TPSA) is 258 Å². The van der Waals surface area contributed by atoms with Gasteiger partial charge in [-0.15, -0.1) is 0 Å². The largest absolute Gasteiger partial charge is 0.508 e. The lowest BCUT2D eigenvalue weighted by Gasteiger charge is -2.27. The second-order valence-electron chi connectivity index (χ2n) is 12.7. The number of carbonyl (C=O) groups is 7. The summed E-state index contributed by atoms with van der Waals surface area (Å²) in [4.78, 5) is 90.0. The highest BCUT2D eigenvalue weighted by Gasteiger charge is 2.34. The van der Waals surface area contributed by atoms with E-state index < -0.39 is 77.2 Å². The molecule has 0 saturated carbocycles. The van der Waals surface area contributed by atoms with Crippen LogP contribution in [0.5, 0.6) is 5.75 Å². The Bertz CT molecular complexity index is 1560. The van der Waals surface area contributed by atoms with Gasteiger partial charge in [0.25, 0.3) is 0 Å². The second-order valence-corrected chi connectivity index (χ2v) is 13.7. The molecule has 0 bridgehead atoms. The maximum absolute atomic E-state index is 13.6. The highest BCUT2D eigenvalue weighted by atomic mass is 32.2. The van der Waals surface area contributed by atoms with Crippen LogP contribution in [0.1, 0.15) is 45.2 Å². The summed E-state index contributed by atoms with van der Waals surface area (Å²) in [7, 11) is 0. The number of rotatable bonds is 20. The Kier molecular flexibility index (Phi) is 17.1. The van der Waals surface area contributed by atoms with E-state index in [0.29, 0.717) is 16.9 Å². The SMILES string of the molecule is CSCC[C@H](NC(=O)CN)C(=O)N[C@@H](C)C(=O)N[C@@H](Cc1ccc(O)cc1)C(=O)N[C@H](C)C(=O)N[C@@H](Cc1ccccc1)C(=O)NC(C)(C)C(=O)O. The third-order valence-corrected chi connectivity index (χ3v) is 8.49. The minimum absolute atomic E-state index is 0.0194. The van der Waals surface area contributed by atoms with Gasteiger partial charge in [-0.25, -0.2) is 4.79 Å². The van der Waals surface area contributed by atoms with Gasteiger partial charge in [0.15, 0.2) is 0 Å². The van der Waals surface area contributed by atoms with E-state index in [4.69, 9.17) is 5.73 Å². The highest BCUT2D eigenvalue weighted by molar-refractivity contribution is 7.98. The molecule has 0 fully saturated rings. The van der Waals surface area contributed by atoms with Gasteiger partial charge in [0, 0.05) is 12.8 Å². The van der Waals surface area contributed by atoms with Crippen LogP contribution < -0.4 is 37.6 Å². The molecule has 0 aliphatic rings. The predicted octanol–water partition coefficient (Wildman–Crippen LogP) is -0.668. The molecule has 0 spiro atoms. The molecule has 2 rings (SSSR count). The fourth-order valence-corrected chi connectivity index (χ4v) is 5.17. The lowest BCUT2D eigenvalue weighted by molar-refractivity contribution is -0.146. The van der Waals surface area contributed by atoms with Crippen molar-refractivity contribution in [2.24, 2.45) is 5.73 Å². The number of aliphatic carboxylic acids is 1. The molecule has 16 nitrogen and oxygen atoms in total. The number of phenols is 1. The molecule has 5 atom stereocenters. The molecule has 17 heteroatoms. The van der Waals surface area contributed by atoms with E-state index in [1.165, 1.54) is 51.6 Å². The number of nitrogens with two attached hydrogens (primary N) is 1. The van der Waals surface area contributed by atoms with Crippen molar-refractivity contribution in [2.75, 3.05) is 18.6 Å². The number of aromatic hydroxyl groups is 1. The monoisotopic (exact) mass is 743 g/mol. The highest BCUT2D eigenvalue weighted by Crippen LogP contribution is 2.13. The summed E-state index contributed by atoms with van der Waals surface area (Å²) in [5.41, 5.74) is 4.97. The lowest BCUT2D eigenvalue weighted by atomic mass is 10.0. The van der Waals surface area contributed by atoms with E-state index >= 15 is 0 Å². The molecule has 2 aromatic rings. The van der Waals surface area contributed by atoms with E-state index in [1.54, 1.807) is 42.5 Å². The Labute approximate surface area is 306 Å². The summed E-state index contributed by atoms with van der Waals surface area (Å²) in [6.45, 7) is 5.05. The number of amides is 6. The zero-order valence-electron chi connectivity index (χ0n) is 29.9. The van der Waals surface area contributed by atoms with Crippen LogP contribution in [0.4, 0.5) is 0 Å². The first kappa shape index (κ1) is 43.0. The van der Waals surface area contributed by atoms with Gasteiger partial charge in [-0.2, -0.15) is 11.8 Å². The number of hydrogen-bond acceptors (Lipinski definition) is 10. The van der Waals surface area contributed by atoms with Gasteiger partial charge in [0.05, 0.1) is 6.54 Å². The molecule has 2 aromatic carbocycles. The summed E-state index contributed by atoms with van der Waals surface area (Å²) in [5.74, 6) is -4.95. The van der Waals surface area contributed by atoms with E-state index in [-0.39, 0.29) is 31.6 Å². The summed E-state index contributed by atoms with van der Waals surface area (Å²) in [6, 6.07) is 8.83. The Morgan fingerprint density at radius 1 is 0.692 bits per heavy atom. The molecule has 0 aromatic heterocycles. The summed E-state index contributed by atoms with van der Waals surface area (Å²) >= 11 is 1.46. The summed E-state index contributed by atoms with van der Waals surface area (Å²) in [6.07, 6.45) is 2.07. The smallest absolute Gasteiger partial charge is 0.328 e. The molecule has 52 heavy (non-hydrogen) atoms. The van der Waals surface area contributed by atoms with Crippen molar-refractivity contribution in [3.05, 3.63) is 65.7 Å². The molecule has 284 valence electrons. The Balaban J connectivity index is 2.23. The van der Waals surface area contributed by atoms with E-state index in [0.717, 1.165) is 0 Å². The third-order valence-electron chi connectivity index (χ3n) is 7.85. The molecular weight excluding hydrogens is 694 g/mol. The van der Waals surface area contributed by atoms with Crippen molar-refractivity contribution in [1.29, 1.82) is 0 Å². The van der Waals surface area contributed by atoms with Gasteiger partial charge in [-0.3, -0.25) is 28.8 Å². The van der Waals surface area contributed by atoms with E-state index in [1.807, 2.05) is 6.26 Å². The van der Waals surface area contributed by atoms with Crippen LogP contribution >= 0.6 is 11.8 Å². The Morgan fingerprint density at radius 3 is 1.65 bits per heavy atom. The molecule has 10 N–H and O–H groups in total. The molecule has 0 saturated heterocycles. The number of thioether (sulfide) groups is 1. The summed E-state index contributed by atoms with van der Waals surface area (Å²) in [5, 5.41) is 34.5. The average Bonchev–Trinajstić information content (AvgIpc) is 3.10. The van der Waals surface area contributed by atoms with Gasteiger partial charge < -0.3 is 47.8 Å². The lowest BCUT2D eigenvalue weighted by Crippen LogP contribution is -2.60. The molecule has 6 amide bonds. The van der Waals surface area contributed by atoms with Crippen LogP contribution in [0, 0.1) is 0 Å². The quantitative estimate of drug-likeness (QED) is 0.0822. The number of nitrogens with one attached hydrogen (secondary N) is 6. The molecular formula is C35H49N7O9S. The van der Waals surface area contributed by atoms with Crippen molar-refractivity contribution in [2.45, 2.75) is 82.7 Å². The van der Waals surface area contributed by atoms with Gasteiger partial charge >= 0.3 is 5.97 Å². The number of phenolic OH excluding ortho intramolecular Hbond substituents is 1. The Hall–Kier alpha value is -5.16. The fourth-order valence-electron chi connectivity index (χ4n) is 4.69. The number of benzene rings is 2. The normalized spacial score (nSPS) is 14.0. The number of hydrogen-bond donors (Lipinski definition) is 9. The Morgan fingerprint density at radius 2 is 1.17 bits per heavy atom. The first-order valence-electron chi connectivity index (χ1n) is 16.5. The number of carboxylic acid groups (broad SMARTS) is 1. The fraction of sp³-hybridized carbons (Fsp3) is 0.457. The van der Waals surface area contributed by atoms with Crippen LogP contribution in [0.15, 0.2) is 54.6 Å². The zero-order chi connectivity index (χ0) is 39.0. The van der Waals surface area contributed by atoms with Crippen molar-refractivity contribution in [1.82, 2.24) is 31.9 Å². The molecule has 0 heterocycles. The van der Waals surface area contributed by atoms with Gasteiger partial charge in [0.2, 0.25) is 35.4 Å². The standard InChI is InChI=1S/C35H49N7O9S/c1-20(37-31(47)25(15-16-52-5)39-28(44)19-36)29(45)40-26(18-23-11-13-24(43)14-12-23)32(48)38-21(2)30(46)41-27(17-22-9-7-6-8-10-22)33(49)42-35(3,4)34(50)51/h6-14,20-21,25-27,43H,15-19,36H2,1-5H3,(H,37,47)(H,38,48)(H,39,44)(H,40,45)(H,41,46)(H,42,49)(H,50,51)/t20-,21+,25-,26-,27-/m0/s1. The van der Waals surface area contributed by atoms with Crippen molar-refractivity contribution >= 4 is 53.2 Å². The first-order valence-corrected chi connectivity index (χ1v) is 17.9. The molecule has 0 unspecified atom stereocenters. The minimum atomic E-state index is -1.64. The average molecular weight is 744 g/mol. The molecule has 0 aliphatic carbocycles. The predicted molar refractivity (Wildman–Crippen MR) is 195 cm³/mol. The second kappa shape index (κ2) is 20.6. The number of carbonyl (C=O) groups excluding carboxylic acids is 6. The van der Waals surface area contributed by atoms with Gasteiger partial charge in [-0.1, -0.05) is 42.5 Å². The van der Waals surface area contributed by atoms with Crippen LogP contribution in [-0.2, 0) is 46.4 Å². The van der Waals surface area contributed by atoms with Gasteiger partial charge in [-0.05, 0) is 69.4 Å². The van der Waals surface area contributed by atoms with Crippen molar-refractivity contribution < 1.29 is 43.8 Å². The van der Waals surface area contributed by atoms with E-state index in [2.05, 4.69) is 31.9 Å². The zero-order valence-corrected chi connectivity index (χ0v) is 30.7. The van der Waals surface area contributed by atoms with Crippen molar-refractivity contribution in [3.8, 4) is 5.75 Å². The van der Waals surface area contributed by atoms with Crippen LogP contribution in [-0.4, -0.2) is 106 Å². The molecule has 0 radical (unpaired) electrons. The number of carboxylic acids is 1. The van der Waals surface area contributed by atoms with Crippen LogP contribution in [0.25, 0.3) is 0 Å². The molecule has 0 aliphatic heterocycles. The summed E-state index contributed by atoms with van der Waals surface area (Å²) < 4.78 is 0. The van der Waals surface area contributed by atoms with Gasteiger partial charge in [0.1, 0.15) is 41.5 Å². The minimum Gasteiger partial charge on any atom is -0.508 e. The van der Waals surface area contributed by atoms with Crippen molar-refractivity contribution in [3.63, 3.8) is 0 Å².